The Labute approximate surface area is 107 Å². The molecule has 0 heterocycles. The van der Waals surface area contributed by atoms with E-state index in [4.69, 9.17) is 14.2 Å². The summed E-state index contributed by atoms with van der Waals surface area (Å²) in [7, 11) is 3.03. The Bertz CT molecular complexity index is 395. The highest BCUT2D eigenvalue weighted by Gasteiger charge is 2.37. The molecule has 0 amide bonds. The molecule has 0 aromatic heterocycles. The van der Waals surface area contributed by atoms with Gasteiger partial charge in [-0.3, -0.25) is 0 Å². The van der Waals surface area contributed by atoms with E-state index in [0.717, 1.165) is 24.2 Å². The van der Waals surface area contributed by atoms with Crippen molar-refractivity contribution in [3.8, 4) is 5.75 Å². The number of rotatable bonds is 6. The third-order valence-electron chi connectivity index (χ3n) is 3.07. The van der Waals surface area contributed by atoms with Crippen molar-refractivity contribution in [1.82, 2.24) is 0 Å². The molecule has 2 rings (SSSR count). The summed E-state index contributed by atoms with van der Waals surface area (Å²) in [6, 6.07) is 7.62. The number of hydrogen-bond acceptors (Lipinski definition) is 4. The van der Waals surface area contributed by atoms with Crippen molar-refractivity contribution in [3.05, 3.63) is 29.8 Å². The zero-order valence-corrected chi connectivity index (χ0v) is 10.7. The standard InChI is InChI=1S/C14H18O4/c1-16-12-7-3-10(4-8-12)9-18-13(11-5-6-11)14(15)17-2/h3-4,7-8,11,13H,5-6,9H2,1-2H3. The van der Waals surface area contributed by atoms with Crippen molar-refractivity contribution in [2.75, 3.05) is 14.2 Å². The molecular formula is C14H18O4. The van der Waals surface area contributed by atoms with Gasteiger partial charge in [-0.05, 0) is 36.5 Å². The van der Waals surface area contributed by atoms with Crippen LogP contribution < -0.4 is 4.74 Å². The molecule has 0 saturated heterocycles. The van der Waals surface area contributed by atoms with Gasteiger partial charge in [-0.15, -0.1) is 0 Å². The second kappa shape index (κ2) is 5.87. The summed E-state index contributed by atoms with van der Waals surface area (Å²) in [6.45, 7) is 0.417. The van der Waals surface area contributed by atoms with Gasteiger partial charge in [0, 0.05) is 0 Å². The molecule has 1 unspecified atom stereocenters. The van der Waals surface area contributed by atoms with Gasteiger partial charge in [0.05, 0.1) is 20.8 Å². The maximum atomic E-state index is 11.5. The molecule has 0 spiro atoms. The van der Waals surface area contributed by atoms with Crippen LogP contribution in [0.3, 0.4) is 0 Å². The van der Waals surface area contributed by atoms with E-state index in [1.54, 1.807) is 7.11 Å². The van der Waals surface area contributed by atoms with E-state index >= 15 is 0 Å². The molecule has 0 N–H and O–H groups in total. The molecule has 18 heavy (non-hydrogen) atoms. The van der Waals surface area contributed by atoms with Crippen LogP contribution in [0.4, 0.5) is 0 Å². The van der Waals surface area contributed by atoms with Crippen molar-refractivity contribution in [2.24, 2.45) is 5.92 Å². The first-order valence-corrected chi connectivity index (χ1v) is 6.07. The second-order valence-corrected chi connectivity index (χ2v) is 4.44. The van der Waals surface area contributed by atoms with Gasteiger partial charge in [0.2, 0.25) is 0 Å². The Morgan fingerprint density at radius 2 is 1.94 bits per heavy atom. The van der Waals surface area contributed by atoms with Crippen molar-refractivity contribution < 1.29 is 19.0 Å². The van der Waals surface area contributed by atoms with Gasteiger partial charge in [0.1, 0.15) is 5.75 Å². The summed E-state index contributed by atoms with van der Waals surface area (Å²) in [5, 5.41) is 0. The monoisotopic (exact) mass is 250 g/mol. The normalized spacial score (nSPS) is 16.1. The highest BCUT2D eigenvalue weighted by atomic mass is 16.6. The zero-order chi connectivity index (χ0) is 13.0. The molecule has 1 aliphatic rings. The largest absolute Gasteiger partial charge is 0.497 e. The van der Waals surface area contributed by atoms with Crippen LogP contribution in [0.25, 0.3) is 0 Å². The first-order valence-electron chi connectivity index (χ1n) is 6.07. The summed E-state index contributed by atoms with van der Waals surface area (Å²) in [6.07, 6.45) is 1.67. The summed E-state index contributed by atoms with van der Waals surface area (Å²) in [5.41, 5.74) is 1.02. The number of ether oxygens (including phenoxy) is 3. The van der Waals surface area contributed by atoms with Crippen LogP contribution in [0.2, 0.25) is 0 Å². The van der Waals surface area contributed by atoms with Gasteiger partial charge in [0.25, 0.3) is 0 Å². The highest BCUT2D eigenvalue weighted by molar-refractivity contribution is 5.75. The van der Waals surface area contributed by atoms with Crippen LogP contribution in [0.15, 0.2) is 24.3 Å². The fourth-order valence-electron chi connectivity index (χ4n) is 1.82. The van der Waals surface area contributed by atoms with E-state index in [-0.39, 0.29) is 5.97 Å². The molecule has 98 valence electrons. The number of hydrogen-bond donors (Lipinski definition) is 0. The highest BCUT2D eigenvalue weighted by Crippen LogP contribution is 2.35. The van der Waals surface area contributed by atoms with Gasteiger partial charge in [-0.2, -0.15) is 0 Å². The lowest BCUT2D eigenvalue weighted by atomic mass is 10.2. The second-order valence-electron chi connectivity index (χ2n) is 4.44. The van der Waals surface area contributed by atoms with Gasteiger partial charge in [0.15, 0.2) is 6.10 Å². The summed E-state index contributed by atoms with van der Waals surface area (Å²) < 4.78 is 15.5. The van der Waals surface area contributed by atoms with Crippen LogP contribution >= 0.6 is 0 Å². The molecule has 1 aromatic carbocycles. The van der Waals surface area contributed by atoms with Gasteiger partial charge < -0.3 is 14.2 Å². The van der Waals surface area contributed by atoms with Gasteiger partial charge in [-0.1, -0.05) is 12.1 Å². The molecule has 0 bridgehead atoms. The number of carbonyl (C=O) groups excluding carboxylic acids is 1. The van der Waals surface area contributed by atoms with E-state index in [1.165, 1.54) is 7.11 Å². The lowest BCUT2D eigenvalue weighted by molar-refractivity contribution is -0.156. The fraction of sp³-hybridized carbons (Fsp3) is 0.500. The third kappa shape index (κ3) is 3.23. The molecule has 1 saturated carbocycles. The molecule has 1 aliphatic carbocycles. The van der Waals surface area contributed by atoms with Crippen LogP contribution in [0.1, 0.15) is 18.4 Å². The maximum absolute atomic E-state index is 11.5. The van der Waals surface area contributed by atoms with Crippen molar-refractivity contribution in [1.29, 1.82) is 0 Å². The predicted molar refractivity (Wildman–Crippen MR) is 66.3 cm³/mol. The smallest absolute Gasteiger partial charge is 0.335 e. The van der Waals surface area contributed by atoms with E-state index < -0.39 is 6.10 Å². The molecule has 4 heteroatoms. The maximum Gasteiger partial charge on any atom is 0.335 e. The Morgan fingerprint density at radius 3 is 2.44 bits per heavy atom. The van der Waals surface area contributed by atoms with Gasteiger partial charge >= 0.3 is 5.97 Å². The predicted octanol–water partition coefficient (Wildman–Crippen LogP) is 2.16. The van der Waals surface area contributed by atoms with Crippen LogP contribution in [-0.2, 0) is 20.9 Å². The molecular weight excluding hydrogens is 232 g/mol. The number of benzene rings is 1. The average molecular weight is 250 g/mol. The lowest BCUT2D eigenvalue weighted by Gasteiger charge is -2.15. The van der Waals surface area contributed by atoms with Crippen molar-refractivity contribution >= 4 is 5.97 Å². The molecule has 4 nitrogen and oxygen atoms in total. The quantitative estimate of drug-likeness (QED) is 0.726. The Balaban J connectivity index is 1.90. The minimum Gasteiger partial charge on any atom is -0.497 e. The zero-order valence-electron chi connectivity index (χ0n) is 10.7. The molecule has 1 atom stereocenters. The Morgan fingerprint density at radius 1 is 1.28 bits per heavy atom. The average Bonchev–Trinajstić information content (AvgIpc) is 3.24. The Hall–Kier alpha value is -1.55. The van der Waals surface area contributed by atoms with E-state index in [2.05, 4.69) is 0 Å². The summed E-state index contributed by atoms with van der Waals surface area (Å²) in [5.74, 6) is 0.868. The topological polar surface area (TPSA) is 44.8 Å². The first-order chi connectivity index (χ1) is 8.74. The van der Waals surface area contributed by atoms with E-state index in [1.807, 2.05) is 24.3 Å². The molecule has 1 fully saturated rings. The minimum absolute atomic E-state index is 0.272. The molecule has 0 radical (unpaired) electrons. The SMILES string of the molecule is COC(=O)C(OCc1ccc(OC)cc1)C1CC1. The lowest BCUT2D eigenvalue weighted by Crippen LogP contribution is -2.27. The number of methoxy groups -OCH3 is 2. The van der Waals surface area contributed by atoms with Crippen molar-refractivity contribution in [3.63, 3.8) is 0 Å². The summed E-state index contributed by atoms with van der Waals surface area (Å²) >= 11 is 0. The van der Waals surface area contributed by atoms with Gasteiger partial charge in [-0.25, -0.2) is 4.79 Å². The van der Waals surface area contributed by atoms with Crippen LogP contribution in [-0.4, -0.2) is 26.3 Å². The first kappa shape index (κ1) is 12.9. The van der Waals surface area contributed by atoms with E-state index in [0.29, 0.717) is 12.5 Å². The summed E-state index contributed by atoms with van der Waals surface area (Å²) in [4.78, 5) is 11.5. The number of carbonyl (C=O) groups is 1. The Kier molecular flexibility index (Phi) is 4.20. The van der Waals surface area contributed by atoms with Crippen LogP contribution in [0.5, 0.6) is 5.75 Å². The minimum atomic E-state index is -0.419. The number of esters is 1. The van der Waals surface area contributed by atoms with Crippen molar-refractivity contribution in [2.45, 2.75) is 25.6 Å². The third-order valence-corrected chi connectivity index (χ3v) is 3.07. The molecule has 1 aromatic rings. The fourth-order valence-corrected chi connectivity index (χ4v) is 1.82. The van der Waals surface area contributed by atoms with E-state index in [9.17, 15) is 4.79 Å². The molecule has 0 aliphatic heterocycles. The van der Waals surface area contributed by atoms with Crippen LogP contribution in [0, 0.1) is 5.92 Å².